The lowest BCUT2D eigenvalue weighted by Crippen LogP contribution is -2.42. The van der Waals surface area contributed by atoms with Gasteiger partial charge in [-0.15, -0.1) is 0 Å². The fourth-order valence-electron chi connectivity index (χ4n) is 3.08. The Labute approximate surface area is 120 Å². The second-order valence-electron chi connectivity index (χ2n) is 5.47. The molecule has 2 atom stereocenters. The molecule has 1 heterocycles. The lowest BCUT2D eigenvalue weighted by atomic mass is 9.90. The highest BCUT2D eigenvalue weighted by Crippen LogP contribution is 2.37. The molecule has 1 fully saturated rings. The zero-order valence-electron chi connectivity index (χ0n) is 12.4. The molecule has 1 saturated heterocycles. The predicted octanol–water partition coefficient (Wildman–Crippen LogP) is 2.70. The average Bonchev–Trinajstić information content (AvgIpc) is 2.75. The van der Waals surface area contributed by atoms with E-state index in [1.807, 2.05) is 12.1 Å². The molecule has 0 bridgehead atoms. The first-order valence-electron chi connectivity index (χ1n) is 7.13. The van der Waals surface area contributed by atoms with Gasteiger partial charge in [-0.2, -0.15) is 5.26 Å². The van der Waals surface area contributed by atoms with E-state index in [0.29, 0.717) is 11.3 Å². The van der Waals surface area contributed by atoms with E-state index in [9.17, 15) is 5.11 Å². The summed E-state index contributed by atoms with van der Waals surface area (Å²) in [5.41, 5.74) is 0.919. The second-order valence-corrected chi connectivity index (χ2v) is 5.47. The number of ether oxygens (including phenoxy) is 1. The van der Waals surface area contributed by atoms with E-state index >= 15 is 0 Å². The van der Waals surface area contributed by atoms with Crippen molar-refractivity contribution in [1.29, 1.82) is 5.26 Å². The van der Waals surface area contributed by atoms with Crippen LogP contribution in [-0.4, -0.2) is 30.4 Å². The van der Waals surface area contributed by atoms with Crippen LogP contribution in [0.3, 0.4) is 0 Å². The maximum atomic E-state index is 10.7. The Hall–Kier alpha value is -1.73. The van der Waals surface area contributed by atoms with Gasteiger partial charge in [-0.25, -0.2) is 0 Å². The summed E-state index contributed by atoms with van der Waals surface area (Å²) in [7, 11) is 1.57. The third-order valence-electron chi connectivity index (χ3n) is 4.35. The van der Waals surface area contributed by atoms with Gasteiger partial charge in [0.05, 0.1) is 24.3 Å². The van der Waals surface area contributed by atoms with Gasteiger partial charge in [-0.05, 0) is 31.9 Å². The van der Waals surface area contributed by atoms with Gasteiger partial charge in [0.1, 0.15) is 11.8 Å². The lowest BCUT2D eigenvalue weighted by molar-refractivity contribution is 0.0273. The fourth-order valence-corrected chi connectivity index (χ4v) is 3.08. The molecule has 2 rings (SSSR count). The predicted molar refractivity (Wildman–Crippen MR) is 79.0 cm³/mol. The summed E-state index contributed by atoms with van der Waals surface area (Å²) in [6, 6.07) is 7.77. The zero-order chi connectivity index (χ0) is 14.8. The molecule has 0 saturated carbocycles. The number of nitrogens with zero attached hydrogens (tertiary/aromatic N) is 2. The Kier molecular flexibility index (Phi) is 4.20. The Morgan fingerprint density at radius 3 is 2.90 bits per heavy atom. The van der Waals surface area contributed by atoms with Gasteiger partial charge >= 0.3 is 0 Å². The molecular formula is C16H22N2O2. The van der Waals surface area contributed by atoms with E-state index in [1.165, 1.54) is 0 Å². The lowest BCUT2D eigenvalue weighted by Gasteiger charge is -2.32. The highest BCUT2D eigenvalue weighted by molar-refractivity contribution is 5.58. The largest absolute Gasteiger partial charge is 0.495 e. The van der Waals surface area contributed by atoms with Crippen LogP contribution in [0.2, 0.25) is 0 Å². The second kappa shape index (κ2) is 5.72. The first kappa shape index (κ1) is 14.7. The summed E-state index contributed by atoms with van der Waals surface area (Å²) in [5.74, 6) is 0.586. The van der Waals surface area contributed by atoms with E-state index in [0.717, 1.165) is 31.5 Å². The molecule has 4 nitrogen and oxygen atoms in total. The number of anilines is 1. The molecule has 1 unspecified atom stereocenters. The molecule has 0 aromatic heterocycles. The smallest absolute Gasteiger partial charge is 0.138 e. The minimum Gasteiger partial charge on any atom is -0.495 e. The van der Waals surface area contributed by atoms with Crippen LogP contribution in [0.1, 0.15) is 38.7 Å². The molecule has 1 aromatic carbocycles. The average molecular weight is 274 g/mol. The molecule has 1 aliphatic rings. The number of nitriles is 1. The van der Waals surface area contributed by atoms with Crippen LogP contribution < -0.4 is 9.64 Å². The fraction of sp³-hybridized carbons (Fsp3) is 0.562. The van der Waals surface area contributed by atoms with Crippen LogP contribution in [0, 0.1) is 11.3 Å². The van der Waals surface area contributed by atoms with Crippen molar-refractivity contribution in [2.75, 3.05) is 18.6 Å². The molecule has 1 N–H and O–H groups in total. The standard InChI is InChI=1S/C16H22N2O2/c1-4-7-16(19)8-9-18(12(16)2)14-6-5-13(11-17)15(10-14)20-3/h5-6,10,12,19H,4,7-9H2,1-3H3/t12-,16?/m0/s1. The number of hydrogen-bond acceptors (Lipinski definition) is 4. The van der Waals surface area contributed by atoms with Crippen molar-refractivity contribution in [3.63, 3.8) is 0 Å². The van der Waals surface area contributed by atoms with Gasteiger partial charge in [0.2, 0.25) is 0 Å². The normalized spacial score (nSPS) is 25.6. The first-order valence-corrected chi connectivity index (χ1v) is 7.13. The van der Waals surface area contributed by atoms with Gasteiger partial charge < -0.3 is 14.7 Å². The summed E-state index contributed by atoms with van der Waals surface area (Å²) >= 11 is 0. The van der Waals surface area contributed by atoms with E-state index in [2.05, 4.69) is 24.8 Å². The Balaban J connectivity index is 2.28. The molecular weight excluding hydrogens is 252 g/mol. The number of rotatable bonds is 4. The van der Waals surface area contributed by atoms with Crippen LogP contribution in [0.15, 0.2) is 18.2 Å². The summed E-state index contributed by atoms with van der Waals surface area (Å²) < 4.78 is 5.26. The van der Waals surface area contributed by atoms with Crippen molar-refractivity contribution in [1.82, 2.24) is 0 Å². The highest BCUT2D eigenvalue weighted by Gasteiger charge is 2.42. The third kappa shape index (κ3) is 2.46. The van der Waals surface area contributed by atoms with Crippen molar-refractivity contribution < 1.29 is 9.84 Å². The summed E-state index contributed by atoms with van der Waals surface area (Å²) in [6.45, 7) is 4.98. The molecule has 108 valence electrons. The van der Waals surface area contributed by atoms with Crippen molar-refractivity contribution in [3.05, 3.63) is 23.8 Å². The first-order chi connectivity index (χ1) is 9.55. The van der Waals surface area contributed by atoms with E-state index in [4.69, 9.17) is 10.00 Å². The highest BCUT2D eigenvalue weighted by atomic mass is 16.5. The third-order valence-corrected chi connectivity index (χ3v) is 4.35. The SMILES string of the molecule is CCCC1(O)CCN(c2ccc(C#N)c(OC)c2)[C@H]1C. The Morgan fingerprint density at radius 1 is 1.55 bits per heavy atom. The molecule has 4 heteroatoms. The zero-order valence-corrected chi connectivity index (χ0v) is 12.4. The van der Waals surface area contributed by atoms with E-state index < -0.39 is 5.60 Å². The van der Waals surface area contributed by atoms with Crippen LogP contribution in [-0.2, 0) is 0 Å². The van der Waals surface area contributed by atoms with Crippen LogP contribution in [0.5, 0.6) is 5.75 Å². The van der Waals surface area contributed by atoms with Crippen LogP contribution in [0.4, 0.5) is 5.69 Å². The topological polar surface area (TPSA) is 56.5 Å². The maximum Gasteiger partial charge on any atom is 0.138 e. The van der Waals surface area contributed by atoms with Gasteiger partial charge in [0.15, 0.2) is 0 Å². The quantitative estimate of drug-likeness (QED) is 0.917. The monoisotopic (exact) mass is 274 g/mol. The summed E-state index contributed by atoms with van der Waals surface area (Å²) in [6.07, 6.45) is 2.58. The molecule has 1 aliphatic heterocycles. The van der Waals surface area contributed by atoms with Crippen molar-refractivity contribution in [2.24, 2.45) is 0 Å². The van der Waals surface area contributed by atoms with Crippen molar-refractivity contribution in [3.8, 4) is 11.8 Å². The van der Waals surface area contributed by atoms with Crippen LogP contribution in [0.25, 0.3) is 0 Å². The molecule has 20 heavy (non-hydrogen) atoms. The Bertz CT molecular complexity index is 524. The number of benzene rings is 1. The van der Waals surface area contributed by atoms with Gasteiger partial charge in [-0.1, -0.05) is 13.3 Å². The summed E-state index contributed by atoms with van der Waals surface area (Å²) in [4.78, 5) is 2.19. The molecule has 0 spiro atoms. The molecule has 1 aromatic rings. The van der Waals surface area contributed by atoms with Crippen molar-refractivity contribution in [2.45, 2.75) is 44.8 Å². The number of methoxy groups -OCH3 is 1. The maximum absolute atomic E-state index is 10.7. The molecule has 0 radical (unpaired) electrons. The minimum atomic E-state index is -0.615. The van der Waals surface area contributed by atoms with Crippen molar-refractivity contribution >= 4 is 5.69 Å². The molecule has 0 amide bonds. The van der Waals surface area contributed by atoms with Gasteiger partial charge in [0, 0.05) is 18.3 Å². The number of aliphatic hydroxyl groups is 1. The Morgan fingerprint density at radius 2 is 2.30 bits per heavy atom. The molecule has 0 aliphatic carbocycles. The van der Waals surface area contributed by atoms with Crippen LogP contribution >= 0.6 is 0 Å². The van der Waals surface area contributed by atoms with Gasteiger partial charge in [-0.3, -0.25) is 0 Å². The van der Waals surface area contributed by atoms with E-state index in [-0.39, 0.29) is 6.04 Å². The summed E-state index contributed by atoms with van der Waals surface area (Å²) in [5, 5.41) is 19.7. The minimum absolute atomic E-state index is 0.0695. The van der Waals surface area contributed by atoms with E-state index in [1.54, 1.807) is 13.2 Å². The van der Waals surface area contributed by atoms with Gasteiger partial charge in [0.25, 0.3) is 0 Å². The number of hydrogen-bond donors (Lipinski definition) is 1.